The highest BCUT2D eigenvalue weighted by Crippen LogP contribution is 2.22. The van der Waals surface area contributed by atoms with Crippen molar-refractivity contribution in [2.45, 2.75) is 12.5 Å². The van der Waals surface area contributed by atoms with Gasteiger partial charge in [-0.3, -0.25) is 14.9 Å². The van der Waals surface area contributed by atoms with Gasteiger partial charge in [0.2, 0.25) is 0 Å². The van der Waals surface area contributed by atoms with Crippen LogP contribution in [0, 0.1) is 10.1 Å². The molecule has 1 aromatic carbocycles. The summed E-state index contributed by atoms with van der Waals surface area (Å²) in [6.45, 7) is 0. The summed E-state index contributed by atoms with van der Waals surface area (Å²) >= 11 is 0. The number of methoxy groups -OCH3 is 2. The molecule has 0 saturated heterocycles. The SMILES string of the molecule is COC(=O)c1ccc(CC(N)C(=O)OC)c([N+](=O)[O-])c1. The molecule has 1 unspecified atom stereocenters. The number of ether oxygens (including phenoxy) is 2. The lowest BCUT2D eigenvalue weighted by atomic mass is 10.0. The van der Waals surface area contributed by atoms with Crippen molar-refractivity contribution in [3.05, 3.63) is 39.4 Å². The minimum Gasteiger partial charge on any atom is -0.468 e. The number of nitro benzene ring substituents is 1. The summed E-state index contributed by atoms with van der Waals surface area (Å²) in [7, 11) is 2.35. The van der Waals surface area contributed by atoms with E-state index >= 15 is 0 Å². The molecule has 0 fully saturated rings. The Morgan fingerprint density at radius 1 is 1.35 bits per heavy atom. The Morgan fingerprint density at radius 3 is 2.50 bits per heavy atom. The number of carbonyl (C=O) groups excluding carboxylic acids is 2. The van der Waals surface area contributed by atoms with Crippen LogP contribution in [0.4, 0.5) is 5.69 Å². The highest BCUT2D eigenvalue weighted by atomic mass is 16.6. The Balaban J connectivity index is 3.11. The van der Waals surface area contributed by atoms with Gasteiger partial charge in [0.15, 0.2) is 0 Å². The van der Waals surface area contributed by atoms with Gasteiger partial charge in [-0.05, 0) is 6.07 Å². The number of nitro groups is 1. The van der Waals surface area contributed by atoms with Crippen LogP contribution in [0.5, 0.6) is 0 Å². The van der Waals surface area contributed by atoms with E-state index in [4.69, 9.17) is 5.73 Å². The van der Waals surface area contributed by atoms with Crippen LogP contribution in [-0.2, 0) is 20.7 Å². The standard InChI is InChI=1S/C12H14N2O6/c1-19-11(15)8-4-3-7(10(6-8)14(17)18)5-9(13)12(16)20-2/h3-4,6,9H,5,13H2,1-2H3. The molecule has 0 aliphatic rings. The fourth-order valence-corrected chi connectivity index (χ4v) is 1.62. The molecule has 0 amide bonds. The number of rotatable bonds is 5. The number of benzene rings is 1. The van der Waals surface area contributed by atoms with Crippen molar-refractivity contribution >= 4 is 17.6 Å². The van der Waals surface area contributed by atoms with Crippen LogP contribution in [-0.4, -0.2) is 37.1 Å². The molecule has 0 heterocycles. The zero-order chi connectivity index (χ0) is 15.3. The molecule has 1 atom stereocenters. The van der Waals surface area contributed by atoms with Crippen LogP contribution in [0.15, 0.2) is 18.2 Å². The van der Waals surface area contributed by atoms with Crippen molar-refractivity contribution in [1.82, 2.24) is 0 Å². The Hall–Kier alpha value is -2.48. The maximum atomic E-state index is 11.3. The Kier molecular flexibility index (Phi) is 5.15. The summed E-state index contributed by atoms with van der Waals surface area (Å²) in [5.74, 6) is -1.35. The second kappa shape index (κ2) is 6.62. The predicted molar refractivity (Wildman–Crippen MR) is 68.1 cm³/mol. The van der Waals surface area contributed by atoms with Crippen LogP contribution in [0.3, 0.4) is 0 Å². The minimum atomic E-state index is -1.01. The largest absolute Gasteiger partial charge is 0.468 e. The van der Waals surface area contributed by atoms with Gasteiger partial charge in [0.25, 0.3) is 5.69 Å². The Morgan fingerprint density at radius 2 is 2.00 bits per heavy atom. The average Bonchev–Trinajstić information content (AvgIpc) is 2.45. The van der Waals surface area contributed by atoms with Gasteiger partial charge in [0.1, 0.15) is 6.04 Å². The summed E-state index contributed by atoms with van der Waals surface area (Å²) in [5.41, 5.74) is 5.55. The van der Waals surface area contributed by atoms with Crippen molar-refractivity contribution in [1.29, 1.82) is 0 Å². The van der Waals surface area contributed by atoms with E-state index in [9.17, 15) is 19.7 Å². The second-order valence-electron chi connectivity index (χ2n) is 3.93. The first-order valence-electron chi connectivity index (χ1n) is 5.59. The number of nitrogens with two attached hydrogens (primary N) is 1. The molecular formula is C12H14N2O6. The van der Waals surface area contributed by atoms with E-state index in [1.807, 2.05) is 0 Å². The molecule has 1 aromatic rings. The van der Waals surface area contributed by atoms with Crippen molar-refractivity contribution in [2.24, 2.45) is 5.73 Å². The van der Waals surface area contributed by atoms with Gasteiger partial charge in [0.05, 0.1) is 24.7 Å². The third kappa shape index (κ3) is 3.51. The lowest BCUT2D eigenvalue weighted by Crippen LogP contribution is -2.33. The molecule has 0 aliphatic carbocycles. The molecular weight excluding hydrogens is 268 g/mol. The summed E-state index contributed by atoms with van der Waals surface area (Å²) in [6, 6.07) is 2.82. The number of nitrogens with zero attached hydrogens (tertiary/aromatic N) is 1. The Labute approximate surface area is 114 Å². The monoisotopic (exact) mass is 282 g/mol. The zero-order valence-electron chi connectivity index (χ0n) is 11.0. The topological polar surface area (TPSA) is 122 Å². The molecule has 0 saturated carbocycles. The molecule has 108 valence electrons. The van der Waals surface area contributed by atoms with Crippen molar-refractivity contribution < 1.29 is 24.0 Å². The number of hydrogen-bond acceptors (Lipinski definition) is 7. The van der Waals surface area contributed by atoms with Crippen molar-refractivity contribution in [3.8, 4) is 0 Å². The minimum absolute atomic E-state index is 0.0505. The van der Waals surface area contributed by atoms with Crippen LogP contribution >= 0.6 is 0 Å². The van der Waals surface area contributed by atoms with E-state index in [1.54, 1.807) is 0 Å². The zero-order valence-corrected chi connectivity index (χ0v) is 11.0. The first-order chi connectivity index (χ1) is 9.40. The van der Waals surface area contributed by atoms with Gasteiger partial charge in [-0.2, -0.15) is 0 Å². The molecule has 1 rings (SSSR count). The van der Waals surface area contributed by atoms with E-state index in [1.165, 1.54) is 26.4 Å². The first-order valence-corrected chi connectivity index (χ1v) is 5.59. The summed E-state index contributed by atoms with van der Waals surface area (Å²) in [5, 5.41) is 11.0. The van der Waals surface area contributed by atoms with Crippen LogP contribution in [0.25, 0.3) is 0 Å². The smallest absolute Gasteiger partial charge is 0.338 e. The fourth-order valence-electron chi connectivity index (χ4n) is 1.62. The molecule has 0 radical (unpaired) electrons. The molecule has 2 N–H and O–H groups in total. The average molecular weight is 282 g/mol. The summed E-state index contributed by atoms with van der Waals surface area (Å²) in [4.78, 5) is 32.9. The summed E-state index contributed by atoms with van der Waals surface area (Å²) < 4.78 is 8.94. The van der Waals surface area contributed by atoms with Crippen LogP contribution < -0.4 is 5.73 Å². The third-order valence-corrected chi connectivity index (χ3v) is 2.65. The highest BCUT2D eigenvalue weighted by molar-refractivity contribution is 5.90. The normalized spacial score (nSPS) is 11.6. The molecule has 0 bridgehead atoms. The summed E-state index contributed by atoms with van der Waals surface area (Å²) in [6.07, 6.45) is -0.0650. The van der Waals surface area contributed by atoms with Gasteiger partial charge in [-0.25, -0.2) is 4.79 Å². The lowest BCUT2D eigenvalue weighted by Gasteiger charge is -2.10. The van der Waals surface area contributed by atoms with E-state index in [0.29, 0.717) is 0 Å². The number of carbonyl (C=O) groups is 2. The molecule has 0 aliphatic heterocycles. The van der Waals surface area contributed by atoms with Gasteiger partial charge in [-0.1, -0.05) is 6.07 Å². The van der Waals surface area contributed by atoms with E-state index in [0.717, 1.165) is 6.07 Å². The number of esters is 2. The molecule has 8 nitrogen and oxygen atoms in total. The quantitative estimate of drug-likeness (QED) is 0.472. The van der Waals surface area contributed by atoms with Gasteiger partial charge < -0.3 is 15.2 Å². The maximum Gasteiger partial charge on any atom is 0.338 e. The van der Waals surface area contributed by atoms with E-state index in [-0.39, 0.29) is 23.2 Å². The third-order valence-electron chi connectivity index (χ3n) is 2.65. The van der Waals surface area contributed by atoms with Gasteiger partial charge in [-0.15, -0.1) is 0 Å². The van der Waals surface area contributed by atoms with Crippen molar-refractivity contribution in [2.75, 3.05) is 14.2 Å². The predicted octanol–water partition coefficient (Wildman–Crippen LogP) is 0.424. The molecule has 0 aromatic heterocycles. The van der Waals surface area contributed by atoms with Gasteiger partial charge in [0, 0.05) is 18.1 Å². The highest BCUT2D eigenvalue weighted by Gasteiger charge is 2.22. The van der Waals surface area contributed by atoms with Crippen LogP contribution in [0.2, 0.25) is 0 Å². The van der Waals surface area contributed by atoms with Gasteiger partial charge >= 0.3 is 11.9 Å². The maximum absolute atomic E-state index is 11.3. The number of hydrogen-bond donors (Lipinski definition) is 1. The first kappa shape index (κ1) is 15.6. The molecule has 20 heavy (non-hydrogen) atoms. The van der Waals surface area contributed by atoms with E-state index < -0.39 is 22.9 Å². The fraction of sp³-hybridized carbons (Fsp3) is 0.333. The van der Waals surface area contributed by atoms with E-state index in [2.05, 4.69) is 9.47 Å². The molecule has 0 spiro atoms. The van der Waals surface area contributed by atoms with Crippen LogP contribution in [0.1, 0.15) is 15.9 Å². The Bertz CT molecular complexity index is 543. The molecule has 8 heteroatoms. The van der Waals surface area contributed by atoms with Crippen molar-refractivity contribution in [3.63, 3.8) is 0 Å². The second-order valence-corrected chi connectivity index (χ2v) is 3.93. The lowest BCUT2D eigenvalue weighted by molar-refractivity contribution is -0.385.